The van der Waals surface area contributed by atoms with Gasteiger partial charge in [0.25, 0.3) is 0 Å². The van der Waals surface area contributed by atoms with Gasteiger partial charge in [-0.25, -0.2) is 0 Å². The summed E-state index contributed by atoms with van der Waals surface area (Å²) in [6.07, 6.45) is 3.70. The Labute approximate surface area is 77.7 Å². The molecule has 1 fully saturated rings. The van der Waals surface area contributed by atoms with E-state index in [1.165, 1.54) is 0 Å². The number of carbonyl (C=O) groups excluding carboxylic acids is 1. The van der Waals surface area contributed by atoms with Crippen LogP contribution in [0.1, 0.15) is 12.8 Å². The van der Waals surface area contributed by atoms with E-state index in [0.29, 0.717) is 6.42 Å². The van der Waals surface area contributed by atoms with Gasteiger partial charge in [-0.2, -0.15) is 11.8 Å². The van der Waals surface area contributed by atoms with E-state index in [4.69, 9.17) is 5.73 Å². The minimum absolute atomic E-state index is 0.0757. The van der Waals surface area contributed by atoms with E-state index in [9.17, 15) is 4.79 Å². The minimum Gasteiger partial charge on any atom is -0.341 e. The van der Waals surface area contributed by atoms with Gasteiger partial charge in [-0.3, -0.25) is 4.79 Å². The maximum absolute atomic E-state index is 11.2. The number of amides is 1. The molecule has 1 atom stereocenters. The van der Waals surface area contributed by atoms with Crippen LogP contribution in [0, 0.1) is 0 Å². The van der Waals surface area contributed by atoms with Gasteiger partial charge in [-0.05, 0) is 18.4 Å². The van der Waals surface area contributed by atoms with Crippen molar-refractivity contribution in [3.8, 4) is 0 Å². The van der Waals surface area contributed by atoms with Gasteiger partial charge < -0.3 is 10.6 Å². The first-order valence-electron chi connectivity index (χ1n) is 4.26. The number of nitrogens with two attached hydrogens (primary N) is 1. The van der Waals surface area contributed by atoms with E-state index >= 15 is 0 Å². The van der Waals surface area contributed by atoms with Gasteiger partial charge in [0.05, 0.1) is 0 Å². The number of carbonyl (C=O) groups is 1. The summed E-state index contributed by atoms with van der Waals surface area (Å²) in [6.45, 7) is 1.64. The standard InChI is InChI=1S/C8H16N2OS/c1-12-4-2-3-10-6-7(9)5-8(10)11/h7H,2-6,9H2,1H3. The third-order valence-corrected chi connectivity index (χ3v) is 2.72. The Hall–Kier alpha value is -0.220. The highest BCUT2D eigenvalue weighted by Crippen LogP contribution is 2.09. The molecule has 0 bridgehead atoms. The van der Waals surface area contributed by atoms with Crippen molar-refractivity contribution in [2.75, 3.05) is 25.1 Å². The summed E-state index contributed by atoms with van der Waals surface area (Å²) in [7, 11) is 0. The molecule has 0 spiro atoms. The summed E-state index contributed by atoms with van der Waals surface area (Å²) in [5, 5.41) is 0. The summed E-state index contributed by atoms with van der Waals surface area (Å²) >= 11 is 1.82. The summed E-state index contributed by atoms with van der Waals surface area (Å²) < 4.78 is 0. The van der Waals surface area contributed by atoms with Crippen molar-refractivity contribution in [2.45, 2.75) is 18.9 Å². The van der Waals surface area contributed by atoms with Crippen LogP contribution in [0.15, 0.2) is 0 Å². The predicted molar refractivity (Wildman–Crippen MR) is 52.2 cm³/mol. The van der Waals surface area contributed by atoms with E-state index in [0.717, 1.165) is 25.3 Å². The first-order chi connectivity index (χ1) is 5.74. The van der Waals surface area contributed by atoms with Crippen LogP contribution in [0.25, 0.3) is 0 Å². The predicted octanol–water partition coefficient (Wildman–Crippen LogP) is 0.299. The molecule has 1 heterocycles. The highest BCUT2D eigenvalue weighted by atomic mass is 32.2. The first kappa shape index (κ1) is 9.86. The maximum atomic E-state index is 11.2. The zero-order valence-electron chi connectivity index (χ0n) is 7.45. The fourth-order valence-corrected chi connectivity index (χ4v) is 1.84. The average Bonchev–Trinajstić information content (AvgIpc) is 2.31. The lowest BCUT2D eigenvalue weighted by atomic mass is 10.3. The van der Waals surface area contributed by atoms with Gasteiger partial charge >= 0.3 is 0 Å². The molecule has 1 aliphatic rings. The monoisotopic (exact) mass is 188 g/mol. The van der Waals surface area contributed by atoms with Crippen LogP contribution in [-0.4, -0.2) is 41.9 Å². The van der Waals surface area contributed by atoms with Gasteiger partial charge in [0.15, 0.2) is 0 Å². The van der Waals surface area contributed by atoms with Crippen LogP contribution >= 0.6 is 11.8 Å². The number of thioether (sulfide) groups is 1. The van der Waals surface area contributed by atoms with Crippen molar-refractivity contribution in [3.05, 3.63) is 0 Å². The van der Waals surface area contributed by atoms with Crippen LogP contribution < -0.4 is 5.73 Å². The van der Waals surface area contributed by atoms with Crippen molar-refractivity contribution in [2.24, 2.45) is 5.73 Å². The molecule has 4 heteroatoms. The summed E-state index contributed by atoms with van der Waals surface area (Å²) in [6, 6.07) is 0.0757. The van der Waals surface area contributed by atoms with Crippen molar-refractivity contribution < 1.29 is 4.79 Å². The van der Waals surface area contributed by atoms with Gasteiger partial charge in [-0.15, -0.1) is 0 Å². The highest BCUT2D eigenvalue weighted by molar-refractivity contribution is 7.98. The molecular weight excluding hydrogens is 172 g/mol. The zero-order valence-corrected chi connectivity index (χ0v) is 8.27. The van der Waals surface area contributed by atoms with Gasteiger partial charge in [-0.1, -0.05) is 0 Å². The minimum atomic E-state index is 0.0757. The quantitative estimate of drug-likeness (QED) is 0.645. The SMILES string of the molecule is CSCCCN1CC(N)CC1=O. The second-order valence-corrected chi connectivity index (χ2v) is 4.14. The van der Waals surface area contributed by atoms with Crippen LogP contribution in [0.5, 0.6) is 0 Å². The molecule has 2 N–H and O–H groups in total. The molecule has 0 aromatic heterocycles. The van der Waals surface area contributed by atoms with Crippen LogP contribution in [0.3, 0.4) is 0 Å². The Bertz CT molecular complexity index is 163. The molecule has 1 rings (SSSR count). The molecule has 1 aliphatic heterocycles. The molecule has 12 heavy (non-hydrogen) atoms. The van der Waals surface area contributed by atoms with E-state index in [-0.39, 0.29) is 11.9 Å². The Morgan fingerprint density at radius 2 is 2.50 bits per heavy atom. The number of hydrogen-bond donors (Lipinski definition) is 1. The van der Waals surface area contributed by atoms with Crippen LogP contribution in [0.4, 0.5) is 0 Å². The lowest BCUT2D eigenvalue weighted by Crippen LogP contribution is -2.29. The smallest absolute Gasteiger partial charge is 0.224 e. The maximum Gasteiger partial charge on any atom is 0.224 e. The summed E-state index contributed by atoms with van der Waals surface area (Å²) in [5.74, 6) is 1.35. The number of hydrogen-bond acceptors (Lipinski definition) is 3. The largest absolute Gasteiger partial charge is 0.341 e. The summed E-state index contributed by atoms with van der Waals surface area (Å²) in [5.41, 5.74) is 5.65. The second-order valence-electron chi connectivity index (χ2n) is 3.15. The van der Waals surface area contributed by atoms with Crippen molar-refractivity contribution in [1.29, 1.82) is 0 Å². The van der Waals surface area contributed by atoms with Crippen LogP contribution in [-0.2, 0) is 4.79 Å². The molecular formula is C8H16N2OS. The molecule has 1 saturated heterocycles. The Kier molecular flexibility index (Phi) is 3.88. The Morgan fingerprint density at radius 1 is 1.75 bits per heavy atom. The molecule has 3 nitrogen and oxygen atoms in total. The van der Waals surface area contributed by atoms with Crippen molar-refractivity contribution in [1.82, 2.24) is 4.90 Å². The molecule has 70 valence electrons. The molecule has 1 amide bonds. The molecule has 0 radical (unpaired) electrons. The normalized spacial score (nSPS) is 23.7. The van der Waals surface area contributed by atoms with E-state index in [1.807, 2.05) is 16.7 Å². The highest BCUT2D eigenvalue weighted by Gasteiger charge is 2.25. The average molecular weight is 188 g/mol. The van der Waals surface area contributed by atoms with Crippen molar-refractivity contribution >= 4 is 17.7 Å². The fraction of sp³-hybridized carbons (Fsp3) is 0.875. The van der Waals surface area contributed by atoms with Crippen LogP contribution in [0.2, 0.25) is 0 Å². The third-order valence-electron chi connectivity index (χ3n) is 2.02. The summed E-state index contributed by atoms with van der Waals surface area (Å²) in [4.78, 5) is 13.1. The fourth-order valence-electron chi connectivity index (χ4n) is 1.42. The molecule has 0 aromatic carbocycles. The molecule has 0 aliphatic carbocycles. The van der Waals surface area contributed by atoms with Crippen molar-refractivity contribution in [3.63, 3.8) is 0 Å². The second kappa shape index (κ2) is 4.72. The van der Waals surface area contributed by atoms with E-state index in [1.54, 1.807) is 0 Å². The lowest BCUT2D eigenvalue weighted by molar-refractivity contribution is -0.127. The van der Waals surface area contributed by atoms with Gasteiger partial charge in [0.2, 0.25) is 5.91 Å². The Balaban J connectivity index is 2.19. The lowest BCUT2D eigenvalue weighted by Gasteiger charge is -2.14. The molecule has 0 aromatic rings. The molecule has 1 unspecified atom stereocenters. The number of nitrogens with zero attached hydrogens (tertiary/aromatic N) is 1. The number of likely N-dealkylation sites (tertiary alicyclic amines) is 1. The topological polar surface area (TPSA) is 46.3 Å². The third kappa shape index (κ3) is 2.68. The van der Waals surface area contributed by atoms with E-state index in [2.05, 4.69) is 6.26 Å². The number of rotatable bonds is 4. The van der Waals surface area contributed by atoms with Gasteiger partial charge in [0.1, 0.15) is 0 Å². The van der Waals surface area contributed by atoms with Gasteiger partial charge in [0, 0.05) is 25.6 Å². The first-order valence-corrected chi connectivity index (χ1v) is 5.65. The Morgan fingerprint density at radius 3 is 3.00 bits per heavy atom. The zero-order chi connectivity index (χ0) is 8.97. The van der Waals surface area contributed by atoms with E-state index < -0.39 is 0 Å². The molecule has 0 saturated carbocycles.